The van der Waals surface area contributed by atoms with Gasteiger partial charge < -0.3 is 19.8 Å². The van der Waals surface area contributed by atoms with Crippen LogP contribution in [-0.4, -0.2) is 73.4 Å². The maximum atomic E-state index is 12.7. The Morgan fingerprint density at radius 2 is 1.23 bits per heavy atom. The van der Waals surface area contributed by atoms with Crippen molar-refractivity contribution in [3.8, 4) is 0 Å². The minimum atomic E-state index is -4.31. The summed E-state index contributed by atoms with van der Waals surface area (Å²) in [6.45, 7) is 4.76. The van der Waals surface area contributed by atoms with Gasteiger partial charge >= 0.3 is 7.82 Å². The van der Waals surface area contributed by atoms with Gasteiger partial charge in [0.2, 0.25) is 5.91 Å². The molecule has 0 aromatic heterocycles. The highest BCUT2D eigenvalue weighted by molar-refractivity contribution is 7.47. The number of amides is 1. The number of hydrogen-bond acceptors (Lipinski definition) is 5. The van der Waals surface area contributed by atoms with Crippen LogP contribution in [0.15, 0.2) is 24.3 Å². The van der Waals surface area contributed by atoms with Gasteiger partial charge in [-0.25, -0.2) is 4.57 Å². The molecule has 0 radical (unpaired) electrons. The summed E-state index contributed by atoms with van der Waals surface area (Å²) in [6, 6.07) is -0.775. The molecule has 0 aliphatic heterocycles. The molecule has 0 aliphatic carbocycles. The average molecular weight is 646 g/mol. The predicted molar refractivity (Wildman–Crippen MR) is 185 cm³/mol. The summed E-state index contributed by atoms with van der Waals surface area (Å²) in [7, 11) is 1.59. The van der Waals surface area contributed by atoms with Gasteiger partial charge in [0.1, 0.15) is 13.2 Å². The molecule has 44 heavy (non-hydrogen) atoms. The van der Waals surface area contributed by atoms with Crippen molar-refractivity contribution in [3.63, 3.8) is 0 Å². The number of nitrogens with one attached hydrogen (secondary N) is 1. The summed E-state index contributed by atoms with van der Waals surface area (Å²) in [6.07, 6.45) is 29.2. The highest BCUT2D eigenvalue weighted by Crippen LogP contribution is 2.43. The van der Waals surface area contributed by atoms with Gasteiger partial charge in [-0.3, -0.25) is 13.8 Å². The van der Waals surface area contributed by atoms with Gasteiger partial charge in [0, 0.05) is 6.42 Å². The molecule has 0 aromatic rings. The number of quaternary nitrogens is 1. The van der Waals surface area contributed by atoms with E-state index in [0.717, 1.165) is 57.8 Å². The number of carbonyl (C=O) groups excluding carboxylic acids is 1. The Hall–Kier alpha value is -1.02. The van der Waals surface area contributed by atoms with Crippen LogP contribution in [0.5, 0.6) is 0 Å². The SMILES string of the molecule is CCCCC/C=C/CCCC[C@@H](O)[C@H](COP(=O)(O)OCC[N+](C)(C)C)NC(=O)CCCCCCC/C=C/CCCCCC. The minimum absolute atomic E-state index is 0.0676. The number of likely N-dealkylation sites (N-methyl/N-ethyl adjacent to an activating group) is 1. The third-order valence-corrected chi connectivity index (χ3v) is 8.66. The molecule has 3 N–H and O–H groups in total. The van der Waals surface area contributed by atoms with Gasteiger partial charge in [0.05, 0.1) is 39.9 Å². The lowest BCUT2D eigenvalue weighted by atomic mass is 10.0. The van der Waals surface area contributed by atoms with Crippen molar-refractivity contribution in [3.05, 3.63) is 24.3 Å². The summed E-state index contributed by atoms with van der Waals surface area (Å²) in [5.74, 6) is -0.169. The second-order valence-corrected chi connectivity index (χ2v) is 14.7. The smallest absolute Gasteiger partial charge is 0.391 e. The topological polar surface area (TPSA) is 105 Å². The molecule has 0 aliphatic rings. The third kappa shape index (κ3) is 29.7. The van der Waals surface area contributed by atoms with E-state index in [0.29, 0.717) is 23.9 Å². The largest absolute Gasteiger partial charge is 0.472 e. The van der Waals surface area contributed by atoms with Crippen molar-refractivity contribution in [1.82, 2.24) is 5.32 Å². The Kier molecular flexibility index (Phi) is 27.6. The van der Waals surface area contributed by atoms with Crippen molar-refractivity contribution >= 4 is 13.7 Å². The van der Waals surface area contributed by atoms with Crippen LogP contribution in [0, 0.1) is 0 Å². The quantitative estimate of drug-likeness (QED) is 0.0302. The third-order valence-electron chi connectivity index (χ3n) is 7.67. The van der Waals surface area contributed by atoms with Crippen molar-refractivity contribution < 1.29 is 32.9 Å². The molecular formula is C35H70N2O6P+. The van der Waals surface area contributed by atoms with Gasteiger partial charge in [-0.05, 0) is 64.2 Å². The molecular weight excluding hydrogens is 575 g/mol. The zero-order chi connectivity index (χ0) is 32.9. The van der Waals surface area contributed by atoms with Gasteiger partial charge in [-0.15, -0.1) is 0 Å². The first-order valence-electron chi connectivity index (χ1n) is 17.7. The summed E-state index contributed by atoms with van der Waals surface area (Å²) in [4.78, 5) is 22.9. The molecule has 1 amide bonds. The van der Waals surface area contributed by atoms with Crippen LogP contribution in [0.1, 0.15) is 142 Å². The number of carbonyl (C=O) groups is 1. The standard InChI is InChI=1S/C35H69N2O6P/c1-6-8-10-12-14-16-17-18-19-21-23-25-27-29-35(39)36-33(32-43-44(40,41)42-31-30-37(3,4)5)34(38)28-26-24-22-20-15-13-11-9-7-2/h15-17,20,33-34,38H,6-14,18-19,21-32H2,1-5H3,(H-,36,39,40,41)/p+1/b17-16+,20-15+/t33-,34+/m0/s1. The highest BCUT2D eigenvalue weighted by atomic mass is 31.2. The Bertz CT molecular complexity index is 784. The summed E-state index contributed by atoms with van der Waals surface area (Å²) in [5, 5.41) is 13.8. The molecule has 0 heterocycles. The zero-order valence-corrected chi connectivity index (χ0v) is 30.0. The second-order valence-electron chi connectivity index (χ2n) is 13.2. The van der Waals surface area contributed by atoms with Crippen LogP contribution in [0.3, 0.4) is 0 Å². The van der Waals surface area contributed by atoms with Crippen molar-refractivity contribution in [2.24, 2.45) is 0 Å². The highest BCUT2D eigenvalue weighted by Gasteiger charge is 2.28. The van der Waals surface area contributed by atoms with Crippen LogP contribution in [0.4, 0.5) is 0 Å². The van der Waals surface area contributed by atoms with E-state index in [9.17, 15) is 19.4 Å². The van der Waals surface area contributed by atoms with Gasteiger partial charge in [0.25, 0.3) is 0 Å². The Balaban J connectivity index is 4.54. The lowest BCUT2D eigenvalue weighted by Crippen LogP contribution is -2.46. The maximum Gasteiger partial charge on any atom is 0.472 e. The molecule has 0 saturated heterocycles. The van der Waals surface area contributed by atoms with Crippen molar-refractivity contribution in [1.29, 1.82) is 0 Å². The summed E-state index contributed by atoms with van der Waals surface area (Å²) < 4.78 is 23.4. The molecule has 0 fully saturated rings. The number of allylic oxidation sites excluding steroid dienone is 4. The first-order chi connectivity index (χ1) is 21.0. The van der Waals surface area contributed by atoms with Gasteiger partial charge in [-0.1, -0.05) is 95.9 Å². The minimum Gasteiger partial charge on any atom is -0.391 e. The molecule has 8 nitrogen and oxygen atoms in total. The molecule has 0 bridgehead atoms. The van der Waals surface area contributed by atoms with Crippen molar-refractivity contribution in [2.45, 2.75) is 154 Å². The molecule has 0 saturated carbocycles. The van der Waals surface area contributed by atoms with Crippen LogP contribution < -0.4 is 5.32 Å². The van der Waals surface area contributed by atoms with Crippen LogP contribution in [0.2, 0.25) is 0 Å². The van der Waals surface area contributed by atoms with Crippen LogP contribution in [-0.2, 0) is 18.4 Å². The lowest BCUT2D eigenvalue weighted by molar-refractivity contribution is -0.870. The first-order valence-corrected chi connectivity index (χ1v) is 19.2. The summed E-state index contributed by atoms with van der Waals surface area (Å²) >= 11 is 0. The molecule has 0 spiro atoms. The van der Waals surface area contributed by atoms with Crippen LogP contribution >= 0.6 is 7.82 Å². The number of phosphoric acid groups is 1. The predicted octanol–water partition coefficient (Wildman–Crippen LogP) is 8.63. The Morgan fingerprint density at radius 3 is 1.80 bits per heavy atom. The lowest BCUT2D eigenvalue weighted by Gasteiger charge is -2.26. The van der Waals surface area contributed by atoms with E-state index in [1.165, 1.54) is 57.8 Å². The van der Waals surface area contributed by atoms with E-state index in [1.807, 2.05) is 21.1 Å². The monoisotopic (exact) mass is 645 g/mol. The molecule has 0 rings (SSSR count). The molecule has 3 atom stereocenters. The molecule has 0 aromatic carbocycles. The van der Waals surface area contributed by atoms with Crippen LogP contribution in [0.25, 0.3) is 0 Å². The number of unbranched alkanes of at least 4 members (excludes halogenated alkanes) is 14. The molecule has 260 valence electrons. The fourth-order valence-corrected chi connectivity index (χ4v) is 5.47. The van der Waals surface area contributed by atoms with Crippen molar-refractivity contribution in [2.75, 3.05) is 40.9 Å². The van der Waals surface area contributed by atoms with E-state index in [-0.39, 0.29) is 19.1 Å². The van der Waals surface area contributed by atoms with E-state index in [2.05, 4.69) is 43.5 Å². The number of nitrogens with zero attached hydrogens (tertiary/aromatic N) is 1. The van der Waals surface area contributed by atoms with E-state index < -0.39 is 20.0 Å². The number of aliphatic hydroxyl groups excluding tert-OH is 1. The maximum absolute atomic E-state index is 12.7. The molecule has 1 unspecified atom stereocenters. The zero-order valence-electron chi connectivity index (χ0n) is 29.1. The molecule has 9 heteroatoms. The summed E-state index contributed by atoms with van der Waals surface area (Å²) in [5.41, 5.74) is 0. The number of aliphatic hydroxyl groups is 1. The Morgan fingerprint density at radius 1 is 0.750 bits per heavy atom. The Labute approximate surface area is 271 Å². The fraction of sp³-hybridized carbons (Fsp3) is 0.857. The number of rotatable bonds is 31. The first kappa shape index (κ1) is 43.0. The second kappa shape index (κ2) is 28.2. The fourth-order valence-electron chi connectivity index (χ4n) is 4.74. The van der Waals surface area contributed by atoms with Gasteiger partial charge in [-0.2, -0.15) is 0 Å². The average Bonchev–Trinajstić information content (AvgIpc) is 2.95. The normalized spacial score (nSPS) is 15.2. The van der Waals surface area contributed by atoms with E-state index in [4.69, 9.17) is 9.05 Å². The number of phosphoric ester groups is 1. The van der Waals surface area contributed by atoms with E-state index in [1.54, 1.807) is 0 Å². The number of hydrogen-bond donors (Lipinski definition) is 3. The van der Waals surface area contributed by atoms with E-state index >= 15 is 0 Å². The van der Waals surface area contributed by atoms with Gasteiger partial charge in [0.15, 0.2) is 0 Å².